The normalized spacial score (nSPS) is 12.0. The Morgan fingerprint density at radius 1 is 0.825 bits per heavy atom. The van der Waals surface area contributed by atoms with E-state index in [0.29, 0.717) is 17.8 Å². The first-order valence-corrected chi connectivity index (χ1v) is 10.7. The third-order valence-electron chi connectivity index (χ3n) is 4.79. The summed E-state index contributed by atoms with van der Waals surface area (Å²) in [6, 6.07) is 13.2. The molecule has 4 rings (SSSR count). The minimum absolute atomic E-state index is 0.355. The van der Waals surface area contributed by atoms with Gasteiger partial charge in [-0.05, 0) is 59.5 Å². The maximum atomic E-state index is 13.4. The number of fused-ring (bicyclic) bond motifs is 1. The topological polar surface area (TPSA) is 142 Å². The minimum atomic E-state index is -5.08. The van der Waals surface area contributed by atoms with Crippen molar-refractivity contribution in [2.45, 2.75) is 24.8 Å². The maximum absolute atomic E-state index is 13.4. The van der Waals surface area contributed by atoms with Crippen LogP contribution in [0, 0.1) is 11.6 Å². The van der Waals surface area contributed by atoms with Gasteiger partial charge in [-0.3, -0.25) is 4.98 Å². The SMILES string of the molecule is N[C@H](Cc1ccc(F)c(F)c1)c1nc2ccc(-c3ccncc3)cc2[nH]1.O=C(O)C(F)(F)F.O=C(O)C(F)(F)F. The number of rotatable bonds is 4. The summed E-state index contributed by atoms with van der Waals surface area (Å²) < 4.78 is 89.9. The van der Waals surface area contributed by atoms with Crippen LogP contribution in [-0.2, 0) is 16.0 Å². The number of halogens is 8. The van der Waals surface area contributed by atoms with Crippen LogP contribution in [0.5, 0.6) is 0 Å². The van der Waals surface area contributed by atoms with Gasteiger partial charge in [0.15, 0.2) is 11.6 Å². The summed E-state index contributed by atoms with van der Waals surface area (Å²) in [5.41, 5.74) is 10.6. The number of nitrogens with one attached hydrogen (secondary N) is 1. The van der Waals surface area contributed by atoms with E-state index in [1.165, 1.54) is 12.1 Å². The van der Waals surface area contributed by atoms with E-state index in [9.17, 15) is 35.1 Å². The van der Waals surface area contributed by atoms with E-state index >= 15 is 0 Å². The lowest BCUT2D eigenvalue weighted by Crippen LogP contribution is -2.21. The van der Waals surface area contributed by atoms with Crippen molar-refractivity contribution in [1.29, 1.82) is 0 Å². The lowest BCUT2D eigenvalue weighted by molar-refractivity contribution is -0.193. The van der Waals surface area contributed by atoms with E-state index in [1.807, 2.05) is 30.3 Å². The first-order valence-electron chi connectivity index (χ1n) is 10.7. The van der Waals surface area contributed by atoms with Crippen LogP contribution >= 0.6 is 0 Å². The van der Waals surface area contributed by atoms with Crippen LogP contribution in [0.25, 0.3) is 22.2 Å². The molecule has 2 heterocycles. The van der Waals surface area contributed by atoms with E-state index in [4.69, 9.17) is 25.5 Å². The third-order valence-corrected chi connectivity index (χ3v) is 4.79. The van der Waals surface area contributed by atoms with Crippen LogP contribution in [0.3, 0.4) is 0 Å². The number of benzene rings is 2. The summed E-state index contributed by atoms with van der Waals surface area (Å²) in [6.07, 6.45) is -6.32. The van der Waals surface area contributed by atoms with Gasteiger partial charge >= 0.3 is 24.3 Å². The summed E-state index contributed by atoms with van der Waals surface area (Å²) in [5.74, 6) is -6.65. The number of carboxylic acid groups (broad SMARTS) is 2. The fourth-order valence-electron chi connectivity index (χ4n) is 2.95. The highest BCUT2D eigenvalue weighted by Gasteiger charge is 2.38. The fraction of sp³-hybridized carbons (Fsp3) is 0.167. The number of nitrogens with zero attached hydrogens (tertiary/aromatic N) is 2. The molecule has 0 saturated heterocycles. The van der Waals surface area contributed by atoms with Crippen molar-refractivity contribution < 1.29 is 54.9 Å². The monoisotopic (exact) mass is 578 g/mol. The average Bonchev–Trinajstić information content (AvgIpc) is 3.30. The van der Waals surface area contributed by atoms with E-state index in [-0.39, 0.29) is 0 Å². The van der Waals surface area contributed by atoms with Gasteiger partial charge in [-0.25, -0.2) is 23.4 Å². The van der Waals surface area contributed by atoms with E-state index in [1.54, 1.807) is 12.4 Å². The van der Waals surface area contributed by atoms with Crippen molar-refractivity contribution in [2.75, 3.05) is 0 Å². The van der Waals surface area contributed by atoms with Crippen molar-refractivity contribution >= 4 is 23.0 Å². The third kappa shape index (κ3) is 9.30. The zero-order valence-electron chi connectivity index (χ0n) is 19.8. The molecule has 2 aromatic carbocycles. The summed E-state index contributed by atoms with van der Waals surface area (Å²) >= 11 is 0. The fourth-order valence-corrected chi connectivity index (χ4v) is 2.95. The largest absolute Gasteiger partial charge is 0.490 e. The van der Waals surface area contributed by atoms with Crippen LogP contribution in [-0.4, -0.2) is 49.5 Å². The second kappa shape index (κ2) is 13.0. The van der Waals surface area contributed by atoms with Crippen LogP contribution in [0.2, 0.25) is 0 Å². The van der Waals surface area contributed by atoms with E-state index in [0.717, 1.165) is 28.2 Å². The van der Waals surface area contributed by atoms with Gasteiger partial charge in [-0.15, -0.1) is 0 Å². The number of nitrogens with two attached hydrogens (primary N) is 1. The number of hydrogen-bond donors (Lipinski definition) is 4. The molecule has 0 fully saturated rings. The van der Waals surface area contributed by atoms with Crippen LogP contribution in [0.15, 0.2) is 60.9 Å². The molecule has 8 nitrogen and oxygen atoms in total. The second-order valence-electron chi connectivity index (χ2n) is 7.75. The molecule has 1 atom stereocenters. The zero-order valence-corrected chi connectivity index (χ0v) is 19.8. The number of aromatic amines is 1. The molecule has 0 aliphatic heterocycles. The molecule has 214 valence electrons. The highest BCUT2D eigenvalue weighted by molar-refractivity contribution is 5.82. The lowest BCUT2D eigenvalue weighted by Gasteiger charge is -2.09. The van der Waals surface area contributed by atoms with Gasteiger partial charge in [-0.1, -0.05) is 12.1 Å². The molecule has 0 spiro atoms. The van der Waals surface area contributed by atoms with Gasteiger partial charge in [-0.2, -0.15) is 26.3 Å². The number of alkyl halides is 6. The summed E-state index contributed by atoms with van der Waals surface area (Å²) in [6.45, 7) is 0. The maximum Gasteiger partial charge on any atom is 0.490 e. The predicted octanol–water partition coefficient (Wildman–Crippen LogP) is 5.41. The Hall–Kier alpha value is -4.60. The molecule has 5 N–H and O–H groups in total. The van der Waals surface area contributed by atoms with Crippen LogP contribution in [0.4, 0.5) is 35.1 Å². The van der Waals surface area contributed by atoms with Crippen LogP contribution in [0.1, 0.15) is 17.4 Å². The van der Waals surface area contributed by atoms with Gasteiger partial charge in [0, 0.05) is 12.4 Å². The highest BCUT2D eigenvalue weighted by Crippen LogP contribution is 2.25. The van der Waals surface area contributed by atoms with Gasteiger partial charge in [0.2, 0.25) is 0 Å². The minimum Gasteiger partial charge on any atom is -0.475 e. The molecule has 4 aromatic rings. The quantitative estimate of drug-likeness (QED) is 0.237. The molecular formula is C24H18F8N4O4. The van der Waals surface area contributed by atoms with E-state index < -0.39 is 42.0 Å². The number of aliphatic carboxylic acids is 2. The number of H-pyrrole nitrogens is 1. The van der Waals surface area contributed by atoms with Crippen LogP contribution < -0.4 is 5.73 Å². The molecule has 0 saturated carbocycles. The number of aromatic nitrogens is 3. The smallest absolute Gasteiger partial charge is 0.475 e. The first-order chi connectivity index (χ1) is 18.5. The number of carbonyl (C=O) groups is 2. The summed E-state index contributed by atoms with van der Waals surface area (Å²) in [7, 11) is 0. The summed E-state index contributed by atoms with van der Waals surface area (Å²) in [4.78, 5) is 29.6. The van der Waals surface area contributed by atoms with Crippen molar-refractivity contribution in [3.63, 3.8) is 0 Å². The number of pyridine rings is 1. The molecule has 0 amide bonds. The van der Waals surface area contributed by atoms with Gasteiger partial charge in [0.05, 0.1) is 17.1 Å². The molecule has 16 heteroatoms. The van der Waals surface area contributed by atoms with Crippen molar-refractivity contribution in [3.8, 4) is 11.1 Å². The lowest BCUT2D eigenvalue weighted by atomic mass is 10.1. The Balaban J connectivity index is 0.000000333. The molecule has 2 aromatic heterocycles. The van der Waals surface area contributed by atoms with Crippen molar-refractivity contribution in [2.24, 2.45) is 5.73 Å². The molecule has 40 heavy (non-hydrogen) atoms. The molecule has 0 radical (unpaired) electrons. The highest BCUT2D eigenvalue weighted by atomic mass is 19.4. The second-order valence-corrected chi connectivity index (χ2v) is 7.75. The number of carboxylic acids is 2. The molecule has 0 unspecified atom stereocenters. The van der Waals surface area contributed by atoms with E-state index in [2.05, 4.69) is 15.0 Å². The Bertz CT molecular complexity index is 1430. The van der Waals surface area contributed by atoms with Crippen molar-refractivity contribution in [1.82, 2.24) is 15.0 Å². The molecule has 0 bridgehead atoms. The van der Waals surface area contributed by atoms with Gasteiger partial charge < -0.3 is 20.9 Å². The molecule has 0 aliphatic carbocycles. The van der Waals surface area contributed by atoms with Gasteiger partial charge in [0.1, 0.15) is 5.82 Å². The average molecular weight is 578 g/mol. The number of imidazole rings is 1. The Morgan fingerprint density at radius 3 is 1.88 bits per heavy atom. The zero-order chi connectivity index (χ0) is 30.3. The Labute approximate surface area is 219 Å². The first kappa shape index (κ1) is 31.6. The Kier molecular flexibility index (Phi) is 10.2. The van der Waals surface area contributed by atoms with Gasteiger partial charge in [0.25, 0.3) is 0 Å². The predicted molar refractivity (Wildman–Crippen MR) is 124 cm³/mol. The summed E-state index contributed by atoms with van der Waals surface area (Å²) in [5, 5.41) is 14.2. The number of hydrogen-bond acceptors (Lipinski definition) is 5. The standard InChI is InChI=1S/C20H16F2N4.2C2HF3O2/c21-15-3-1-12(9-16(15)22)10-17(23)20-25-18-4-2-14(11-19(18)26-20)13-5-7-24-8-6-13;2*3-2(4,5)1(6)7/h1-9,11,17H,10,23H2,(H,25,26);2*(H,6,7)/t17-;;/m1../s1. The molecule has 0 aliphatic rings. The van der Waals surface area contributed by atoms with Crippen molar-refractivity contribution in [3.05, 3.63) is 83.9 Å². The Morgan fingerprint density at radius 2 is 1.38 bits per heavy atom. The molecular weight excluding hydrogens is 560 g/mol.